The molecule has 0 aliphatic rings. The summed E-state index contributed by atoms with van der Waals surface area (Å²) < 4.78 is 20.3. The standard InChI is InChI=1S/C24H28O8/c1-5-11-29-21(25)15(3)31-23(27)19-9-7-18-14-20(10-8-17(18)13-19)24(28)32-16(4)22(26)30-12-6-2/h7-10,13-16H,5-6,11-12H2,1-4H3/t15-,16-/m0/s1. The molecule has 0 aliphatic heterocycles. The van der Waals surface area contributed by atoms with Crippen molar-refractivity contribution in [3.05, 3.63) is 47.5 Å². The van der Waals surface area contributed by atoms with E-state index in [-0.39, 0.29) is 24.3 Å². The minimum Gasteiger partial charge on any atom is -0.463 e. The van der Waals surface area contributed by atoms with E-state index in [4.69, 9.17) is 18.9 Å². The first-order valence-corrected chi connectivity index (χ1v) is 10.6. The lowest BCUT2D eigenvalue weighted by Crippen LogP contribution is -2.26. The fourth-order valence-electron chi connectivity index (χ4n) is 2.69. The van der Waals surface area contributed by atoms with Crippen molar-refractivity contribution in [3.63, 3.8) is 0 Å². The van der Waals surface area contributed by atoms with E-state index < -0.39 is 36.1 Å². The predicted molar refractivity (Wildman–Crippen MR) is 116 cm³/mol. The van der Waals surface area contributed by atoms with Crippen molar-refractivity contribution in [1.29, 1.82) is 0 Å². The molecule has 2 rings (SSSR count). The molecule has 0 heterocycles. The van der Waals surface area contributed by atoms with Crippen LogP contribution in [0.1, 0.15) is 61.3 Å². The minimum atomic E-state index is -1.02. The fraction of sp³-hybridized carbons (Fsp3) is 0.417. The van der Waals surface area contributed by atoms with E-state index in [1.165, 1.54) is 26.0 Å². The summed E-state index contributed by atoms with van der Waals surface area (Å²) >= 11 is 0. The smallest absolute Gasteiger partial charge is 0.347 e. The zero-order valence-electron chi connectivity index (χ0n) is 18.7. The fourth-order valence-corrected chi connectivity index (χ4v) is 2.69. The van der Waals surface area contributed by atoms with E-state index >= 15 is 0 Å². The number of hydrogen-bond acceptors (Lipinski definition) is 8. The topological polar surface area (TPSA) is 105 Å². The summed E-state index contributed by atoms with van der Waals surface area (Å²) in [6.07, 6.45) is -0.691. The van der Waals surface area contributed by atoms with Crippen molar-refractivity contribution >= 4 is 34.6 Å². The van der Waals surface area contributed by atoms with Crippen LogP contribution in [0, 0.1) is 0 Å². The maximum atomic E-state index is 12.4. The van der Waals surface area contributed by atoms with Crippen LogP contribution in [0.15, 0.2) is 36.4 Å². The van der Waals surface area contributed by atoms with Crippen LogP contribution in [-0.4, -0.2) is 49.3 Å². The van der Waals surface area contributed by atoms with Gasteiger partial charge in [-0.15, -0.1) is 0 Å². The van der Waals surface area contributed by atoms with E-state index in [2.05, 4.69) is 0 Å². The SMILES string of the molecule is CCCOC(=O)[C@H](C)OC(=O)c1ccc2cc(C(=O)O[C@@H](C)C(=O)OCCC)ccc2c1. The second kappa shape index (κ2) is 11.8. The summed E-state index contributed by atoms with van der Waals surface area (Å²) in [5.74, 6) is -2.51. The molecule has 0 unspecified atom stereocenters. The van der Waals surface area contributed by atoms with Gasteiger partial charge in [0.15, 0.2) is 12.2 Å². The molecule has 0 bridgehead atoms. The zero-order valence-corrected chi connectivity index (χ0v) is 18.7. The molecule has 8 nitrogen and oxygen atoms in total. The summed E-state index contributed by atoms with van der Waals surface area (Å²) in [6.45, 7) is 7.17. The van der Waals surface area contributed by atoms with Crippen molar-refractivity contribution in [1.82, 2.24) is 0 Å². The average Bonchev–Trinajstić information content (AvgIpc) is 2.79. The highest BCUT2D eigenvalue weighted by molar-refractivity contribution is 5.99. The second-order valence-corrected chi connectivity index (χ2v) is 7.21. The highest BCUT2D eigenvalue weighted by Gasteiger charge is 2.22. The van der Waals surface area contributed by atoms with Gasteiger partial charge >= 0.3 is 23.9 Å². The molecule has 0 saturated carbocycles. The zero-order chi connectivity index (χ0) is 23.7. The van der Waals surface area contributed by atoms with Gasteiger partial charge in [-0.3, -0.25) is 0 Å². The van der Waals surface area contributed by atoms with Gasteiger partial charge < -0.3 is 18.9 Å². The van der Waals surface area contributed by atoms with E-state index in [1.807, 2.05) is 13.8 Å². The van der Waals surface area contributed by atoms with Gasteiger partial charge in [0.2, 0.25) is 0 Å². The van der Waals surface area contributed by atoms with Gasteiger partial charge in [0.1, 0.15) is 0 Å². The molecule has 0 amide bonds. The highest BCUT2D eigenvalue weighted by Crippen LogP contribution is 2.20. The lowest BCUT2D eigenvalue weighted by molar-refractivity contribution is -0.153. The lowest BCUT2D eigenvalue weighted by atomic mass is 10.0. The van der Waals surface area contributed by atoms with E-state index in [0.29, 0.717) is 23.6 Å². The van der Waals surface area contributed by atoms with Crippen LogP contribution in [0.4, 0.5) is 0 Å². The quantitative estimate of drug-likeness (QED) is 0.402. The van der Waals surface area contributed by atoms with Crippen LogP contribution in [0.5, 0.6) is 0 Å². The average molecular weight is 444 g/mol. The molecule has 2 aromatic carbocycles. The van der Waals surface area contributed by atoms with Crippen LogP contribution in [0.25, 0.3) is 10.8 Å². The van der Waals surface area contributed by atoms with E-state index in [9.17, 15) is 19.2 Å². The van der Waals surface area contributed by atoms with Crippen LogP contribution in [0.2, 0.25) is 0 Å². The third kappa shape index (κ3) is 6.80. The van der Waals surface area contributed by atoms with Crippen molar-refractivity contribution < 1.29 is 38.1 Å². The molecule has 0 saturated heterocycles. The van der Waals surface area contributed by atoms with Gasteiger partial charge in [0, 0.05) is 0 Å². The van der Waals surface area contributed by atoms with Gasteiger partial charge in [-0.1, -0.05) is 26.0 Å². The van der Waals surface area contributed by atoms with Crippen molar-refractivity contribution in [2.45, 2.75) is 52.7 Å². The summed E-state index contributed by atoms with van der Waals surface area (Å²) in [6, 6.07) is 9.58. The molecular formula is C24H28O8. The first-order valence-electron chi connectivity index (χ1n) is 10.6. The number of fused-ring (bicyclic) bond motifs is 1. The first-order chi connectivity index (χ1) is 15.3. The number of benzene rings is 2. The summed E-state index contributed by atoms with van der Waals surface area (Å²) in [5, 5.41) is 1.38. The van der Waals surface area contributed by atoms with Gasteiger partial charge in [-0.2, -0.15) is 0 Å². The van der Waals surface area contributed by atoms with Crippen molar-refractivity contribution in [2.75, 3.05) is 13.2 Å². The largest absolute Gasteiger partial charge is 0.463 e. The summed E-state index contributed by atoms with van der Waals surface area (Å²) in [4.78, 5) is 48.3. The van der Waals surface area contributed by atoms with Crippen molar-refractivity contribution in [3.8, 4) is 0 Å². The Bertz CT molecular complexity index is 902. The molecule has 172 valence electrons. The Morgan fingerprint density at radius 3 is 1.41 bits per heavy atom. The summed E-state index contributed by atoms with van der Waals surface area (Å²) in [5.41, 5.74) is 0.519. The van der Waals surface area contributed by atoms with E-state index in [0.717, 1.165) is 0 Å². The summed E-state index contributed by atoms with van der Waals surface area (Å²) in [7, 11) is 0. The second-order valence-electron chi connectivity index (χ2n) is 7.21. The molecule has 0 spiro atoms. The number of carbonyl (C=O) groups excluding carboxylic acids is 4. The van der Waals surface area contributed by atoms with Crippen LogP contribution >= 0.6 is 0 Å². The van der Waals surface area contributed by atoms with Crippen LogP contribution in [-0.2, 0) is 28.5 Å². The Labute approximate surface area is 186 Å². The van der Waals surface area contributed by atoms with Gasteiger partial charge in [-0.25, -0.2) is 19.2 Å². The Morgan fingerprint density at radius 2 is 1.06 bits per heavy atom. The van der Waals surface area contributed by atoms with E-state index in [1.54, 1.807) is 24.3 Å². The molecular weight excluding hydrogens is 416 g/mol. The molecule has 2 atom stereocenters. The highest BCUT2D eigenvalue weighted by atomic mass is 16.6. The predicted octanol–water partition coefficient (Wildman–Crippen LogP) is 3.84. The number of carbonyl (C=O) groups is 4. The molecule has 8 heteroatoms. The molecule has 2 aromatic rings. The van der Waals surface area contributed by atoms with Crippen LogP contribution in [0.3, 0.4) is 0 Å². The Morgan fingerprint density at radius 1 is 0.688 bits per heavy atom. The third-order valence-electron chi connectivity index (χ3n) is 4.44. The normalized spacial score (nSPS) is 12.5. The van der Waals surface area contributed by atoms with Crippen LogP contribution < -0.4 is 0 Å². The Hall–Kier alpha value is -3.42. The van der Waals surface area contributed by atoms with Gasteiger partial charge in [-0.05, 0) is 61.7 Å². The first kappa shape index (κ1) is 24.8. The Balaban J connectivity index is 2.06. The number of esters is 4. The number of hydrogen-bond donors (Lipinski definition) is 0. The third-order valence-corrected chi connectivity index (χ3v) is 4.44. The minimum absolute atomic E-state index is 0.259. The van der Waals surface area contributed by atoms with Gasteiger partial charge in [0.25, 0.3) is 0 Å². The molecule has 0 aliphatic carbocycles. The Kier molecular flexibility index (Phi) is 9.19. The molecule has 32 heavy (non-hydrogen) atoms. The molecule has 0 aromatic heterocycles. The molecule has 0 N–H and O–H groups in total. The maximum Gasteiger partial charge on any atom is 0.347 e. The number of rotatable bonds is 10. The number of ether oxygens (including phenoxy) is 4. The monoisotopic (exact) mass is 444 g/mol. The lowest BCUT2D eigenvalue weighted by Gasteiger charge is -2.13. The molecule has 0 fully saturated rings. The van der Waals surface area contributed by atoms with Gasteiger partial charge in [0.05, 0.1) is 24.3 Å². The molecule has 0 radical (unpaired) electrons. The maximum absolute atomic E-state index is 12.4. The van der Waals surface area contributed by atoms with Crippen molar-refractivity contribution in [2.24, 2.45) is 0 Å².